The van der Waals surface area contributed by atoms with E-state index in [0.717, 1.165) is 5.69 Å². The monoisotopic (exact) mass is 272 g/mol. The molecule has 0 fully saturated rings. The van der Waals surface area contributed by atoms with E-state index in [1.807, 2.05) is 13.0 Å². The van der Waals surface area contributed by atoms with Gasteiger partial charge in [0.15, 0.2) is 0 Å². The Morgan fingerprint density at radius 1 is 1.30 bits per heavy atom. The van der Waals surface area contributed by atoms with Crippen LogP contribution in [0.5, 0.6) is 0 Å². The van der Waals surface area contributed by atoms with Crippen LogP contribution in [0.4, 0.5) is 0 Å². The van der Waals surface area contributed by atoms with Gasteiger partial charge in [0.25, 0.3) is 5.91 Å². The molecule has 0 bridgehead atoms. The third-order valence-corrected chi connectivity index (χ3v) is 2.91. The van der Waals surface area contributed by atoms with Crippen molar-refractivity contribution in [2.24, 2.45) is 0 Å². The molecule has 0 spiro atoms. The fourth-order valence-electron chi connectivity index (χ4n) is 1.93. The Hall–Kier alpha value is -2.50. The summed E-state index contributed by atoms with van der Waals surface area (Å²) in [5.41, 5.74) is 1.79. The maximum atomic E-state index is 11.8. The molecular formula is C14H16N4O2. The molecule has 0 unspecified atom stereocenters. The first-order chi connectivity index (χ1) is 9.58. The lowest BCUT2D eigenvalue weighted by Crippen LogP contribution is -2.33. The summed E-state index contributed by atoms with van der Waals surface area (Å²) in [6, 6.07) is 5.12. The Morgan fingerprint density at radius 3 is 2.65 bits per heavy atom. The van der Waals surface area contributed by atoms with Crippen molar-refractivity contribution in [1.29, 1.82) is 0 Å². The van der Waals surface area contributed by atoms with Gasteiger partial charge in [-0.1, -0.05) is 0 Å². The van der Waals surface area contributed by atoms with Crippen LogP contribution >= 0.6 is 0 Å². The SMILES string of the molecule is Cc1cc(C)n(CCNC(=O)c2ccncc2)c(=O)n1. The van der Waals surface area contributed by atoms with Gasteiger partial charge in [0.2, 0.25) is 0 Å². The van der Waals surface area contributed by atoms with E-state index in [4.69, 9.17) is 0 Å². The summed E-state index contributed by atoms with van der Waals surface area (Å²) in [5, 5.41) is 2.76. The molecule has 6 nitrogen and oxygen atoms in total. The summed E-state index contributed by atoms with van der Waals surface area (Å²) in [4.78, 5) is 31.3. The van der Waals surface area contributed by atoms with Crippen LogP contribution < -0.4 is 11.0 Å². The lowest BCUT2D eigenvalue weighted by atomic mass is 10.2. The van der Waals surface area contributed by atoms with Crippen molar-refractivity contribution in [2.45, 2.75) is 20.4 Å². The van der Waals surface area contributed by atoms with Crippen LogP contribution in [0, 0.1) is 13.8 Å². The molecule has 0 atom stereocenters. The molecule has 20 heavy (non-hydrogen) atoms. The molecule has 104 valence electrons. The first kappa shape index (κ1) is 13.9. The topological polar surface area (TPSA) is 76.9 Å². The quantitative estimate of drug-likeness (QED) is 0.888. The predicted molar refractivity (Wildman–Crippen MR) is 74.5 cm³/mol. The van der Waals surface area contributed by atoms with E-state index in [2.05, 4.69) is 15.3 Å². The molecule has 2 heterocycles. The van der Waals surface area contributed by atoms with Crippen LogP contribution in [0.2, 0.25) is 0 Å². The number of carbonyl (C=O) groups excluding carboxylic acids is 1. The highest BCUT2D eigenvalue weighted by molar-refractivity contribution is 5.93. The van der Waals surface area contributed by atoms with Crippen molar-refractivity contribution in [1.82, 2.24) is 19.9 Å². The lowest BCUT2D eigenvalue weighted by molar-refractivity contribution is 0.0952. The van der Waals surface area contributed by atoms with Crippen LogP contribution in [0.3, 0.4) is 0 Å². The normalized spacial score (nSPS) is 10.3. The molecule has 0 saturated carbocycles. The summed E-state index contributed by atoms with van der Waals surface area (Å²) in [5.74, 6) is -0.182. The van der Waals surface area contributed by atoms with Gasteiger partial charge in [-0.25, -0.2) is 4.79 Å². The minimum absolute atomic E-state index is 0.182. The number of nitrogens with one attached hydrogen (secondary N) is 1. The molecule has 0 aromatic carbocycles. The van der Waals surface area contributed by atoms with Gasteiger partial charge >= 0.3 is 5.69 Å². The third-order valence-electron chi connectivity index (χ3n) is 2.91. The minimum atomic E-state index is -0.291. The first-order valence-electron chi connectivity index (χ1n) is 6.31. The fourth-order valence-corrected chi connectivity index (χ4v) is 1.93. The van der Waals surface area contributed by atoms with Crippen molar-refractivity contribution in [3.8, 4) is 0 Å². The van der Waals surface area contributed by atoms with Crippen molar-refractivity contribution in [2.75, 3.05) is 6.54 Å². The fraction of sp³-hybridized carbons (Fsp3) is 0.286. The molecule has 2 rings (SSSR count). The Labute approximate surface area is 116 Å². The summed E-state index contributed by atoms with van der Waals surface area (Å²) in [6.45, 7) is 4.39. The van der Waals surface area contributed by atoms with Gasteiger partial charge < -0.3 is 5.32 Å². The zero-order chi connectivity index (χ0) is 14.5. The summed E-state index contributed by atoms with van der Waals surface area (Å²) in [7, 11) is 0. The summed E-state index contributed by atoms with van der Waals surface area (Å²) >= 11 is 0. The van der Waals surface area contributed by atoms with Gasteiger partial charge in [0, 0.05) is 42.4 Å². The standard InChI is InChI=1S/C14H16N4O2/c1-10-9-11(2)18(14(20)17-10)8-7-16-13(19)12-3-5-15-6-4-12/h3-6,9H,7-8H2,1-2H3,(H,16,19). The van der Waals surface area contributed by atoms with Crippen LogP contribution in [0.1, 0.15) is 21.7 Å². The number of aryl methyl sites for hydroxylation is 2. The molecule has 6 heteroatoms. The number of nitrogens with zero attached hydrogens (tertiary/aromatic N) is 3. The Balaban J connectivity index is 1.97. The Bertz CT molecular complexity index is 665. The maximum Gasteiger partial charge on any atom is 0.348 e. The third kappa shape index (κ3) is 3.28. The Kier molecular flexibility index (Phi) is 4.24. The molecule has 2 aromatic rings. The van der Waals surface area contributed by atoms with Crippen molar-refractivity contribution in [3.63, 3.8) is 0 Å². The van der Waals surface area contributed by atoms with E-state index in [-0.39, 0.29) is 11.6 Å². The van der Waals surface area contributed by atoms with E-state index in [0.29, 0.717) is 24.3 Å². The molecule has 0 radical (unpaired) electrons. The molecule has 1 N–H and O–H groups in total. The molecule has 0 aliphatic heterocycles. The number of hydrogen-bond acceptors (Lipinski definition) is 4. The molecule has 2 aromatic heterocycles. The average molecular weight is 272 g/mol. The zero-order valence-corrected chi connectivity index (χ0v) is 11.5. The van der Waals surface area contributed by atoms with Gasteiger partial charge in [-0.05, 0) is 32.0 Å². The lowest BCUT2D eigenvalue weighted by Gasteiger charge is -2.10. The van der Waals surface area contributed by atoms with Gasteiger partial charge in [0.05, 0.1) is 0 Å². The van der Waals surface area contributed by atoms with Crippen LogP contribution in [-0.4, -0.2) is 27.0 Å². The van der Waals surface area contributed by atoms with Crippen molar-refractivity contribution >= 4 is 5.91 Å². The zero-order valence-electron chi connectivity index (χ0n) is 11.5. The second-order valence-electron chi connectivity index (χ2n) is 4.46. The van der Waals surface area contributed by atoms with E-state index < -0.39 is 0 Å². The smallest absolute Gasteiger partial charge is 0.348 e. The van der Waals surface area contributed by atoms with Gasteiger partial charge in [-0.3, -0.25) is 14.3 Å². The highest BCUT2D eigenvalue weighted by atomic mass is 16.2. The summed E-state index contributed by atoms with van der Waals surface area (Å²) < 4.78 is 1.54. The highest BCUT2D eigenvalue weighted by Gasteiger charge is 2.06. The molecule has 0 aliphatic carbocycles. The van der Waals surface area contributed by atoms with Crippen LogP contribution in [0.15, 0.2) is 35.4 Å². The highest BCUT2D eigenvalue weighted by Crippen LogP contribution is 1.97. The number of carbonyl (C=O) groups is 1. The minimum Gasteiger partial charge on any atom is -0.350 e. The number of amides is 1. The second-order valence-corrected chi connectivity index (χ2v) is 4.46. The number of aromatic nitrogens is 3. The van der Waals surface area contributed by atoms with E-state index in [1.54, 1.807) is 36.0 Å². The molecule has 0 saturated heterocycles. The predicted octanol–water partition coefficient (Wildman–Crippen LogP) is 0.685. The Morgan fingerprint density at radius 2 is 2.00 bits per heavy atom. The van der Waals surface area contributed by atoms with Crippen molar-refractivity contribution in [3.05, 3.63) is 58.0 Å². The van der Waals surface area contributed by atoms with E-state index in [1.165, 1.54) is 0 Å². The maximum absolute atomic E-state index is 11.8. The van der Waals surface area contributed by atoms with Gasteiger partial charge in [-0.2, -0.15) is 4.98 Å². The van der Waals surface area contributed by atoms with Crippen molar-refractivity contribution < 1.29 is 4.79 Å². The second kappa shape index (κ2) is 6.10. The van der Waals surface area contributed by atoms with Gasteiger partial charge in [-0.15, -0.1) is 0 Å². The number of pyridine rings is 1. The molecular weight excluding hydrogens is 256 g/mol. The van der Waals surface area contributed by atoms with E-state index >= 15 is 0 Å². The summed E-state index contributed by atoms with van der Waals surface area (Å²) in [6.07, 6.45) is 3.13. The van der Waals surface area contributed by atoms with E-state index in [9.17, 15) is 9.59 Å². The number of hydrogen-bond donors (Lipinski definition) is 1. The molecule has 1 amide bonds. The van der Waals surface area contributed by atoms with Crippen LogP contribution in [-0.2, 0) is 6.54 Å². The largest absolute Gasteiger partial charge is 0.350 e. The first-order valence-corrected chi connectivity index (χ1v) is 6.31. The van der Waals surface area contributed by atoms with Crippen LogP contribution in [0.25, 0.3) is 0 Å². The molecule has 0 aliphatic rings. The van der Waals surface area contributed by atoms with Gasteiger partial charge in [0.1, 0.15) is 0 Å². The average Bonchev–Trinajstić information content (AvgIpc) is 2.42. The number of rotatable bonds is 4.